The lowest BCUT2D eigenvalue weighted by Gasteiger charge is -2.10. The van der Waals surface area contributed by atoms with Crippen molar-refractivity contribution in [3.05, 3.63) is 11.9 Å². The van der Waals surface area contributed by atoms with E-state index in [1.54, 1.807) is 6.34 Å². The minimum atomic E-state index is 0.663. The number of hydrogen-bond donors (Lipinski definition) is 2. The Labute approximate surface area is 66.3 Å². The summed E-state index contributed by atoms with van der Waals surface area (Å²) in [5.74, 6) is 0. The number of hydrogen-bond acceptors (Lipinski definition) is 4. The molecule has 0 aromatic rings. The molecule has 0 fully saturated rings. The first kappa shape index (κ1) is 8.07. The van der Waals surface area contributed by atoms with Gasteiger partial charge in [-0.3, -0.25) is 15.3 Å². The van der Waals surface area contributed by atoms with Crippen LogP contribution < -0.4 is 10.8 Å². The number of nitrogens with zero attached hydrogens (tertiary/aromatic N) is 1. The zero-order valence-corrected chi connectivity index (χ0v) is 6.63. The molecule has 0 amide bonds. The fourth-order valence-corrected chi connectivity index (χ4v) is 0.688. The van der Waals surface area contributed by atoms with Crippen LogP contribution in [-0.2, 0) is 4.84 Å². The molecular formula is C7H13N3O. The first-order valence-corrected chi connectivity index (χ1v) is 3.74. The molecule has 1 aliphatic heterocycles. The summed E-state index contributed by atoms with van der Waals surface area (Å²) in [7, 11) is 0. The second-order valence-electron chi connectivity index (χ2n) is 2.26. The van der Waals surface area contributed by atoms with E-state index in [0.717, 1.165) is 18.7 Å². The van der Waals surface area contributed by atoms with Gasteiger partial charge in [0.15, 0.2) is 0 Å². The third-order valence-electron chi connectivity index (χ3n) is 1.19. The molecule has 1 heterocycles. The number of nitrogens with one attached hydrogen (secondary N) is 2. The van der Waals surface area contributed by atoms with Gasteiger partial charge in [-0.15, -0.1) is 0 Å². The zero-order chi connectivity index (χ0) is 7.94. The molecule has 1 rings (SSSR count). The molecule has 1 aliphatic rings. The SMILES string of the molecule is CCCONC1=CNC=NC1. The van der Waals surface area contributed by atoms with Gasteiger partial charge < -0.3 is 5.32 Å². The highest BCUT2D eigenvalue weighted by Crippen LogP contribution is 1.91. The van der Waals surface area contributed by atoms with Gasteiger partial charge in [0.05, 0.1) is 25.2 Å². The first-order valence-electron chi connectivity index (χ1n) is 3.74. The molecule has 0 aliphatic carbocycles. The summed E-state index contributed by atoms with van der Waals surface area (Å²) in [6.45, 7) is 3.45. The van der Waals surface area contributed by atoms with Crippen molar-refractivity contribution in [1.82, 2.24) is 10.8 Å². The summed E-state index contributed by atoms with van der Waals surface area (Å²) >= 11 is 0. The van der Waals surface area contributed by atoms with Gasteiger partial charge in [0, 0.05) is 6.20 Å². The lowest BCUT2D eigenvalue weighted by atomic mass is 10.4. The maximum Gasteiger partial charge on any atom is 0.0868 e. The van der Waals surface area contributed by atoms with E-state index in [2.05, 4.69) is 22.7 Å². The molecule has 4 nitrogen and oxygen atoms in total. The molecule has 11 heavy (non-hydrogen) atoms. The highest BCUT2D eigenvalue weighted by atomic mass is 16.6. The summed E-state index contributed by atoms with van der Waals surface area (Å²) in [5.41, 5.74) is 3.77. The van der Waals surface area contributed by atoms with Gasteiger partial charge in [0.1, 0.15) is 0 Å². The smallest absolute Gasteiger partial charge is 0.0868 e. The number of rotatable bonds is 4. The van der Waals surface area contributed by atoms with Crippen molar-refractivity contribution in [3.63, 3.8) is 0 Å². The van der Waals surface area contributed by atoms with Crippen LogP contribution in [0.4, 0.5) is 0 Å². The van der Waals surface area contributed by atoms with Crippen LogP contribution in [0.15, 0.2) is 16.9 Å². The van der Waals surface area contributed by atoms with E-state index >= 15 is 0 Å². The summed E-state index contributed by atoms with van der Waals surface area (Å²) in [6.07, 6.45) is 4.50. The van der Waals surface area contributed by atoms with Gasteiger partial charge in [-0.1, -0.05) is 6.92 Å². The minimum absolute atomic E-state index is 0.663. The summed E-state index contributed by atoms with van der Waals surface area (Å²) in [5, 5.41) is 2.87. The molecule has 4 heteroatoms. The average Bonchev–Trinajstić information content (AvgIpc) is 2.07. The Hall–Kier alpha value is -1.03. The molecule has 0 saturated carbocycles. The molecule has 0 atom stereocenters. The summed E-state index contributed by atoms with van der Waals surface area (Å²) in [6, 6.07) is 0. The third kappa shape index (κ3) is 3.04. The second-order valence-corrected chi connectivity index (χ2v) is 2.26. The summed E-state index contributed by atoms with van der Waals surface area (Å²) < 4.78 is 0. The lowest BCUT2D eigenvalue weighted by Crippen LogP contribution is -2.22. The average molecular weight is 155 g/mol. The maximum atomic E-state index is 5.09. The Morgan fingerprint density at radius 1 is 1.82 bits per heavy atom. The maximum absolute atomic E-state index is 5.09. The Morgan fingerprint density at radius 2 is 2.73 bits per heavy atom. The van der Waals surface area contributed by atoms with Crippen LogP contribution in [0, 0.1) is 0 Å². The van der Waals surface area contributed by atoms with Crippen LogP contribution in [0.1, 0.15) is 13.3 Å². The van der Waals surface area contributed by atoms with Crippen LogP contribution in [0.2, 0.25) is 0 Å². The number of aliphatic imine (C=N–C) groups is 1. The molecule has 0 saturated heterocycles. The van der Waals surface area contributed by atoms with Crippen LogP contribution in [0.25, 0.3) is 0 Å². The van der Waals surface area contributed by atoms with Gasteiger partial charge >= 0.3 is 0 Å². The molecule has 2 N–H and O–H groups in total. The molecule has 0 radical (unpaired) electrons. The standard InChI is InChI=1S/C7H13N3O/c1-2-3-11-10-7-4-8-6-9-5-7/h4,6,10H,2-3,5H2,1H3,(H,8,9). The summed E-state index contributed by atoms with van der Waals surface area (Å²) in [4.78, 5) is 9.08. The first-order chi connectivity index (χ1) is 5.43. The highest BCUT2D eigenvalue weighted by molar-refractivity contribution is 5.57. The predicted octanol–water partition coefficient (Wildman–Crippen LogP) is 0.390. The highest BCUT2D eigenvalue weighted by Gasteiger charge is 1.96. The molecule has 0 unspecified atom stereocenters. The second kappa shape index (κ2) is 4.73. The molecule has 0 spiro atoms. The van der Waals surface area contributed by atoms with E-state index in [1.807, 2.05) is 6.20 Å². The largest absolute Gasteiger partial charge is 0.351 e. The van der Waals surface area contributed by atoms with Gasteiger partial charge in [0.2, 0.25) is 0 Å². The Morgan fingerprint density at radius 3 is 3.36 bits per heavy atom. The van der Waals surface area contributed by atoms with E-state index in [-0.39, 0.29) is 0 Å². The van der Waals surface area contributed by atoms with Gasteiger partial charge in [-0.05, 0) is 6.42 Å². The van der Waals surface area contributed by atoms with Crippen molar-refractivity contribution < 1.29 is 4.84 Å². The fourth-order valence-electron chi connectivity index (χ4n) is 0.688. The van der Waals surface area contributed by atoms with Gasteiger partial charge in [-0.2, -0.15) is 0 Å². The van der Waals surface area contributed by atoms with Crippen molar-refractivity contribution in [2.75, 3.05) is 13.2 Å². The molecule has 0 bridgehead atoms. The monoisotopic (exact) mass is 155 g/mol. The van der Waals surface area contributed by atoms with Crippen LogP contribution in [-0.4, -0.2) is 19.5 Å². The van der Waals surface area contributed by atoms with Crippen molar-refractivity contribution >= 4 is 6.34 Å². The van der Waals surface area contributed by atoms with Crippen LogP contribution >= 0.6 is 0 Å². The van der Waals surface area contributed by atoms with Crippen LogP contribution in [0.5, 0.6) is 0 Å². The lowest BCUT2D eigenvalue weighted by molar-refractivity contribution is 0.0621. The van der Waals surface area contributed by atoms with Crippen molar-refractivity contribution in [2.24, 2.45) is 4.99 Å². The molecule has 0 aromatic heterocycles. The van der Waals surface area contributed by atoms with Gasteiger partial charge in [-0.25, -0.2) is 0 Å². The van der Waals surface area contributed by atoms with E-state index in [0.29, 0.717) is 6.54 Å². The quantitative estimate of drug-likeness (QED) is 0.456. The van der Waals surface area contributed by atoms with Crippen molar-refractivity contribution in [1.29, 1.82) is 0 Å². The molecule has 0 aromatic carbocycles. The zero-order valence-electron chi connectivity index (χ0n) is 6.63. The Balaban J connectivity index is 2.11. The van der Waals surface area contributed by atoms with Crippen molar-refractivity contribution in [2.45, 2.75) is 13.3 Å². The van der Waals surface area contributed by atoms with E-state index in [9.17, 15) is 0 Å². The van der Waals surface area contributed by atoms with Crippen LogP contribution in [0.3, 0.4) is 0 Å². The Bertz CT molecular complexity index is 165. The third-order valence-corrected chi connectivity index (χ3v) is 1.19. The van der Waals surface area contributed by atoms with E-state index in [4.69, 9.17) is 4.84 Å². The van der Waals surface area contributed by atoms with Crippen molar-refractivity contribution in [3.8, 4) is 0 Å². The molecular weight excluding hydrogens is 142 g/mol. The van der Waals surface area contributed by atoms with Gasteiger partial charge in [0.25, 0.3) is 0 Å². The van der Waals surface area contributed by atoms with E-state index < -0.39 is 0 Å². The Kier molecular flexibility index (Phi) is 3.47. The van der Waals surface area contributed by atoms with E-state index in [1.165, 1.54) is 0 Å². The normalized spacial score (nSPS) is 15.5. The fraction of sp³-hybridized carbons (Fsp3) is 0.571. The molecule has 62 valence electrons. The topological polar surface area (TPSA) is 45.6 Å². The predicted molar refractivity (Wildman–Crippen MR) is 44.0 cm³/mol. The number of hydroxylamine groups is 1. The minimum Gasteiger partial charge on any atom is -0.351 e.